The predicted octanol–water partition coefficient (Wildman–Crippen LogP) is 1.52. The molecule has 3 N–H and O–H groups in total. The number of nitrogens with two attached hydrogens (primary N) is 1. The van der Waals surface area contributed by atoms with Crippen molar-refractivity contribution in [3.8, 4) is 0 Å². The lowest BCUT2D eigenvalue weighted by atomic mass is 9.81. The molecule has 2 saturated carbocycles. The maximum absolute atomic E-state index is 12.0. The van der Waals surface area contributed by atoms with E-state index in [1.807, 2.05) is 0 Å². The molecule has 0 aromatic heterocycles. The van der Waals surface area contributed by atoms with E-state index < -0.39 is 0 Å². The highest BCUT2D eigenvalue weighted by atomic mass is 16.2. The van der Waals surface area contributed by atoms with Crippen LogP contribution in [0.25, 0.3) is 0 Å². The minimum atomic E-state index is 0.146. The monoisotopic (exact) mass is 224 g/mol. The van der Waals surface area contributed by atoms with E-state index in [4.69, 9.17) is 5.73 Å². The van der Waals surface area contributed by atoms with Gasteiger partial charge in [-0.05, 0) is 29.6 Å². The molecule has 3 heteroatoms. The average Bonchev–Trinajstić information content (AvgIpc) is 2.49. The van der Waals surface area contributed by atoms with Crippen molar-refractivity contribution in [2.75, 3.05) is 6.54 Å². The van der Waals surface area contributed by atoms with E-state index in [1.165, 1.54) is 0 Å². The molecule has 3 nitrogen and oxygen atoms in total. The Bertz CT molecular complexity index is 289. The van der Waals surface area contributed by atoms with Gasteiger partial charge < -0.3 is 11.1 Å². The Hall–Kier alpha value is -0.570. The van der Waals surface area contributed by atoms with Gasteiger partial charge in [0.05, 0.1) is 0 Å². The molecule has 0 bridgehead atoms. The molecule has 0 aliphatic heterocycles. The summed E-state index contributed by atoms with van der Waals surface area (Å²) >= 11 is 0. The smallest absolute Gasteiger partial charge is 0.224 e. The summed E-state index contributed by atoms with van der Waals surface area (Å²) in [5, 5.41) is 3.08. The van der Waals surface area contributed by atoms with Crippen LogP contribution >= 0.6 is 0 Å². The van der Waals surface area contributed by atoms with Gasteiger partial charge in [0.25, 0.3) is 0 Å². The Labute approximate surface area is 98.2 Å². The third kappa shape index (κ3) is 1.65. The summed E-state index contributed by atoms with van der Waals surface area (Å²) in [5.41, 5.74) is 6.01. The standard InChI is InChI=1S/C13H24N2O/c1-12(2)10(13(12,3)4)11(16)15-7-8-5-9(14)6-8/h8-10H,5-7,14H2,1-4H3,(H,15,16). The second-order valence-electron chi connectivity index (χ2n) is 6.72. The van der Waals surface area contributed by atoms with Crippen LogP contribution in [-0.4, -0.2) is 18.5 Å². The SMILES string of the molecule is CC1(C)C(C(=O)NCC2CC(N)C2)C1(C)C. The summed E-state index contributed by atoms with van der Waals surface area (Å²) in [4.78, 5) is 12.0. The zero-order valence-corrected chi connectivity index (χ0v) is 10.8. The first-order chi connectivity index (χ1) is 7.26. The molecule has 0 atom stereocenters. The lowest BCUT2D eigenvalue weighted by Gasteiger charge is -2.32. The third-order valence-electron chi connectivity index (χ3n) is 5.12. The molecule has 0 saturated heterocycles. The van der Waals surface area contributed by atoms with Crippen molar-refractivity contribution in [1.29, 1.82) is 0 Å². The number of hydrogen-bond donors (Lipinski definition) is 2. The molecule has 0 aromatic rings. The zero-order valence-electron chi connectivity index (χ0n) is 10.8. The topological polar surface area (TPSA) is 55.1 Å². The molecule has 0 aromatic carbocycles. The van der Waals surface area contributed by atoms with Crippen LogP contribution in [0.3, 0.4) is 0 Å². The maximum atomic E-state index is 12.0. The van der Waals surface area contributed by atoms with Gasteiger partial charge in [-0.25, -0.2) is 0 Å². The van der Waals surface area contributed by atoms with Crippen LogP contribution in [0.4, 0.5) is 0 Å². The van der Waals surface area contributed by atoms with E-state index in [0.29, 0.717) is 12.0 Å². The normalized spacial score (nSPS) is 35.3. The van der Waals surface area contributed by atoms with Crippen molar-refractivity contribution in [3.63, 3.8) is 0 Å². The average molecular weight is 224 g/mol. The fraction of sp³-hybridized carbons (Fsp3) is 0.923. The predicted molar refractivity (Wildman–Crippen MR) is 64.8 cm³/mol. The Morgan fingerprint density at radius 2 is 1.75 bits per heavy atom. The van der Waals surface area contributed by atoms with Gasteiger partial charge in [0, 0.05) is 18.5 Å². The number of carbonyl (C=O) groups is 1. The van der Waals surface area contributed by atoms with E-state index in [-0.39, 0.29) is 22.7 Å². The number of amides is 1. The molecule has 1 amide bonds. The minimum absolute atomic E-state index is 0.146. The molecular formula is C13H24N2O. The van der Waals surface area contributed by atoms with Crippen LogP contribution in [0.2, 0.25) is 0 Å². The number of nitrogens with one attached hydrogen (secondary N) is 1. The lowest BCUT2D eigenvalue weighted by molar-refractivity contribution is -0.123. The molecule has 2 aliphatic carbocycles. The molecule has 0 spiro atoms. The maximum Gasteiger partial charge on any atom is 0.224 e. The van der Waals surface area contributed by atoms with Crippen LogP contribution in [-0.2, 0) is 4.79 Å². The molecule has 0 unspecified atom stereocenters. The van der Waals surface area contributed by atoms with Gasteiger partial charge >= 0.3 is 0 Å². The highest BCUT2D eigenvalue weighted by Crippen LogP contribution is 2.68. The van der Waals surface area contributed by atoms with Crippen LogP contribution in [0.1, 0.15) is 40.5 Å². The summed E-state index contributed by atoms with van der Waals surface area (Å²) in [7, 11) is 0. The van der Waals surface area contributed by atoms with Crippen molar-refractivity contribution >= 4 is 5.91 Å². The third-order valence-corrected chi connectivity index (χ3v) is 5.12. The molecule has 0 heterocycles. The minimum Gasteiger partial charge on any atom is -0.356 e. The molecule has 2 fully saturated rings. The van der Waals surface area contributed by atoms with E-state index in [1.54, 1.807) is 0 Å². The summed E-state index contributed by atoms with van der Waals surface area (Å²) in [6.07, 6.45) is 2.13. The van der Waals surface area contributed by atoms with E-state index in [9.17, 15) is 4.79 Å². The quantitative estimate of drug-likeness (QED) is 0.763. The van der Waals surface area contributed by atoms with E-state index in [0.717, 1.165) is 19.4 Å². The van der Waals surface area contributed by atoms with Crippen LogP contribution in [0.15, 0.2) is 0 Å². The first-order valence-electron chi connectivity index (χ1n) is 6.30. The fourth-order valence-electron chi connectivity index (χ4n) is 3.15. The van der Waals surface area contributed by atoms with Crippen molar-refractivity contribution < 1.29 is 4.79 Å². The van der Waals surface area contributed by atoms with Crippen LogP contribution < -0.4 is 11.1 Å². The second-order valence-corrected chi connectivity index (χ2v) is 6.72. The Balaban J connectivity index is 1.78. The number of rotatable bonds is 3. The Morgan fingerprint density at radius 1 is 1.25 bits per heavy atom. The van der Waals surface area contributed by atoms with Gasteiger partial charge in [0.2, 0.25) is 5.91 Å². The van der Waals surface area contributed by atoms with Crippen LogP contribution in [0.5, 0.6) is 0 Å². The summed E-state index contributed by atoms with van der Waals surface area (Å²) in [6.45, 7) is 9.52. The van der Waals surface area contributed by atoms with Gasteiger partial charge in [-0.1, -0.05) is 27.7 Å². The summed E-state index contributed by atoms with van der Waals surface area (Å²) < 4.78 is 0. The highest BCUT2D eigenvalue weighted by Gasteiger charge is 2.68. The Kier molecular flexibility index (Phi) is 2.57. The van der Waals surface area contributed by atoms with Gasteiger partial charge in [-0.15, -0.1) is 0 Å². The molecule has 2 aliphatic rings. The molecule has 2 rings (SSSR count). The van der Waals surface area contributed by atoms with Crippen molar-refractivity contribution in [3.05, 3.63) is 0 Å². The molecular weight excluding hydrogens is 200 g/mol. The first-order valence-corrected chi connectivity index (χ1v) is 6.30. The molecule has 92 valence electrons. The molecule has 16 heavy (non-hydrogen) atoms. The number of hydrogen-bond acceptors (Lipinski definition) is 2. The molecule has 0 radical (unpaired) electrons. The number of carbonyl (C=O) groups excluding carboxylic acids is 1. The largest absolute Gasteiger partial charge is 0.356 e. The van der Waals surface area contributed by atoms with Crippen LogP contribution in [0, 0.1) is 22.7 Å². The zero-order chi connectivity index (χ0) is 12.1. The lowest BCUT2D eigenvalue weighted by Crippen LogP contribution is -2.43. The van der Waals surface area contributed by atoms with Gasteiger partial charge in [-0.2, -0.15) is 0 Å². The van der Waals surface area contributed by atoms with Gasteiger partial charge in [0.1, 0.15) is 0 Å². The van der Waals surface area contributed by atoms with Crippen molar-refractivity contribution in [2.45, 2.75) is 46.6 Å². The summed E-state index contributed by atoms with van der Waals surface area (Å²) in [5.74, 6) is 1.02. The van der Waals surface area contributed by atoms with Gasteiger partial charge in [-0.3, -0.25) is 4.79 Å². The van der Waals surface area contributed by atoms with E-state index >= 15 is 0 Å². The van der Waals surface area contributed by atoms with Gasteiger partial charge in [0.15, 0.2) is 0 Å². The fourth-order valence-corrected chi connectivity index (χ4v) is 3.15. The van der Waals surface area contributed by atoms with E-state index in [2.05, 4.69) is 33.0 Å². The first kappa shape index (κ1) is 11.9. The Morgan fingerprint density at radius 3 is 2.12 bits per heavy atom. The highest BCUT2D eigenvalue weighted by molar-refractivity contribution is 5.84. The second kappa shape index (κ2) is 3.46. The summed E-state index contributed by atoms with van der Waals surface area (Å²) in [6, 6.07) is 0.371. The van der Waals surface area contributed by atoms with Crippen molar-refractivity contribution in [2.24, 2.45) is 28.4 Å². The van der Waals surface area contributed by atoms with Crippen molar-refractivity contribution in [1.82, 2.24) is 5.32 Å².